The Morgan fingerprint density at radius 1 is 1.08 bits per heavy atom. The number of aryl methyl sites for hydroxylation is 3. The summed E-state index contributed by atoms with van der Waals surface area (Å²) in [4.78, 5) is 0.414. The fraction of sp³-hybridized carbons (Fsp3) is 0.400. The lowest BCUT2D eigenvalue weighted by atomic mass is 9.99. The second-order valence-corrected chi connectivity index (χ2v) is 8.90. The van der Waals surface area contributed by atoms with Gasteiger partial charge >= 0.3 is 0 Å². The van der Waals surface area contributed by atoms with Gasteiger partial charge in [0.05, 0.1) is 17.6 Å². The molecule has 25 heavy (non-hydrogen) atoms. The lowest BCUT2D eigenvalue weighted by Gasteiger charge is -2.29. The Hall–Kier alpha value is -1.69. The highest BCUT2D eigenvalue weighted by molar-refractivity contribution is 7.89. The Morgan fingerprint density at radius 2 is 1.68 bits per heavy atom. The Bertz CT molecular complexity index is 867. The smallest absolute Gasteiger partial charge is 0.243 e. The van der Waals surface area contributed by atoms with Crippen molar-refractivity contribution in [3.63, 3.8) is 0 Å². The molecule has 3 rings (SSSR count). The fourth-order valence-electron chi connectivity index (χ4n) is 3.64. The van der Waals surface area contributed by atoms with Gasteiger partial charge in [0.25, 0.3) is 0 Å². The van der Waals surface area contributed by atoms with E-state index in [9.17, 15) is 8.42 Å². The van der Waals surface area contributed by atoms with Crippen molar-refractivity contribution in [2.75, 3.05) is 13.6 Å². The molecule has 0 spiro atoms. The van der Waals surface area contributed by atoms with Crippen LogP contribution < -0.4 is 0 Å². The van der Waals surface area contributed by atoms with Gasteiger partial charge in [-0.2, -0.15) is 4.31 Å². The molecular formula is C20H25NO3S. The van der Waals surface area contributed by atoms with E-state index in [0.717, 1.165) is 23.1 Å². The van der Waals surface area contributed by atoms with Crippen LogP contribution in [0.4, 0.5) is 0 Å². The molecule has 0 saturated carbocycles. The molecule has 5 heteroatoms. The normalized spacial score (nSPS) is 17.6. The molecule has 0 bridgehead atoms. The van der Waals surface area contributed by atoms with E-state index in [-0.39, 0.29) is 6.10 Å². The first kappa shape index (κ1) is 18.1. The molecule has 134 valence electrons. The summed E-state index contributed by atoms with van der Waals surface area (Å²) < 4.78 is 33.5. The molecule has 1 atom stereocenters. The molecule has 1 unspecified atom stereocenters. The van der Waals surface area contributed by atoms with Gasteiger partial charge in [-0.05, 0) is 43.0 Å². The predicted octanol–water partition coefficient (Wildman–Crippen LogP) is 3.37. The minimum Gasteiger partial charge on any atom is -0.372 e. The number of sulfonamides is 1. The number of hydrogen-bond donors (Lipinski definition) is 0. The van der Waals surface area contributed by atoms with Crippen molar-refractivity contribution in [2.24, 2.45) is 0 Å². The highest BCUT2D eigenvalue weighted by Gasteiger charge is 2.29. The van der Waals surface area contributed by atoms with E-state index in [1.54, 1.807) is 7.05 Å². The number of ether oxygens (including phenoxy) is 1. The summed E-state index contributed by atoms with van der Waals surface area (Å²) in [6.07, 6.45) is 0.614. The molecule has 0 radical (unpaired) electrons. The van der Waals surface area contributed by atoms with Crippen molar-refractivity contribution >= 4 is 10.0 Å². The number of benzene rings is 2. The van der Waals surface area contributed by atoms with Crippen LogP contribution in [0.3, 0.4) is 0 Å². The molecule has 0 aromatic heterocycles. The lowest BCUT2D eigenvalue weighted by molar-refractivity contribution is 0.0202. The Morgan fingerprint density at radius 3 is 2.32 bits per heavy atom. The Kier molecular flexibility index (Phi) is 5.00. The zero-order valence-electron chi connectivity index (χ0n) is 15.2. The summed E-state index contributed by atoms with van der Waals surface area (Å²) in [5.41, 5.74) is 5.09. The van der Waals surface area contributed by atoms with Crippen LogP contribution in [0, 0.1) is 20.8 Å². The summed E-state index contributed by atoms with van der Waals surface area (Å²) in [5.74, 6) is 0. The van der Waals surface area contributed by atoms with Crippen LogP contribution >= 0.6 is 0 Å². The van der Waals surface area contributed by atoms with Crippen LogP contribution in [0.5, 0.6) is 0 Å². The van der Waals surface area contributed by atoms with Crippen molar-refractivity contribution in [3.05, 3.63) is 64.2 Å². The van der Waals surface area contributed by atoms with E-state index < -0.39 is 10.0 Å². The van der Waals surface area contributed by atoms with Gasteiger partial charge in [0.1, 0.15) is 0 Å². The van der Waals surface area contributed by atoms with Crippen molar-refractivity contribution < 1.29 is 13.2 Å². The Balaban J connectivity index is 1.81. The monoisotopic (exact) mass is 359 g/mol. The average molecular weight is 359 g/mol. The maximum atomic E-state index is 13.1. The number of hydrogen-bond acceptors (Lipinski definition) is 3. The Labute approximate surface area is 150 Å². The standard InChI is InChI=1S/C20H25NO3S/c1-14-9-15(2)20(16(3)10-14)25(22,23)21(4)12-19-11-17-7-5-6-8-18(17)13-24-19/h5-10,19H,11-13H2,1-4H3. The molecule has 1 heterocycles. The lowest BCUT2D eigenvalue weighted by Crippen LogP contribution is -2.38. The van der Waals surface area contributed by atoms with Gasteiger partial charge in [-0.25, -0.2) is 8.42 Å². The second kappa shape index (κ2) is 6.90. The molecule has 0 aliphatic carbocycles. The van der Waals surface area contributed by atoms with E-state index >= 15 is 0 Å². The molecule has 0 fully saturated rings. The minimum absolute atomic E-state index is 0.124. The zero-order valence-corrected chi connectivity index (χ0v) is 16.1. The van der Waals surface area contributed by atoms with Crippen LogP contribution in [-0.2, 0) is 27.8 Å². The highest BCUT2D eigenvalue weighted by atomic mass is 32.2. The molecular weight excluding hydrogens is 334 g/mol. The molecule has 4 nitrogen and oxygen atoms in total. The van der Waals surface area contributed by atoms with Gasteiger partial charge in [-0.3, -0.25) is 0 Å². The first-order valence-corrected chi connectivity index (χ1v) is 9.95. The van der Waals surface area contributed by atoms with E-state index in [2.05, 4.69) is 12.1 Å². The summed E-state index contributed by atoms with van der Waals surface area (Å²) in [5, 5.41) is 0. The third-order valence-electron chi connectivity index (χ3n) is 4.77. The van der Waals surface area contributed by atoms with Crippen molar-refractivity contribution in [2.45, 2.75) is 44.8 Å². The maximum absolute atomic E-state index is 13.1. The SMILES string of the molecule is Cc1cc(C)c(S(=O)(=O)N(C)CC2Cc3ccccc3CO2)c(C)c1. The van der Waals surface area contributed by atoms with Crippen LogP contribution in [0.2, 0.25) is 0 Å². The molecule has 1 aliphatic rings. The van der Waals surface area contributed by atoms with E-state index in [1.165, 1.54) is 15.4 Å². The van der Waals surface area contributed by atoms with Crippen molar-refractivity contribution in [3.8, 4) is 0 Å². The zero-order chi connectivity index (χ0) is 18.2. The summed E-state index contributed by atoms with van der Waals surface area (Å²) in [6, 6.07) is 12.0. The molecule has 2 aromatic rings. The van der Waals surface area contributed by atoms with Gasteiger partial charge in [-0.1, -0.05) is 42.0 Å². The summed E-state index contributed by atoms with van der Waals surface area (Å²) >= 11 is 0. The quantitative estimate of drug-likeness (QED) is 0.841. The molecule has 0 saturated heterocycles. The first-order chi connectivity index (χ1) is 11.8. The molecule has 1 aliphatic heterocycles. The molecule has 2 aromatic carbocycles. The van der Waals surface area contributed by atoms with Crippen molar-refractivity contribution in [1.29, 1.82) is 0 Å². The minimum atomic E-state index is -3.54. The van der Waals surface area contributed by atoms with Gasteiger partial charge in [0.15, 0.2) is 0 Å². The summed E-state index contributed by atoms with van der Waals surface area (Å²) in [6.45, 7) is 6.58. The van der Waals surface area contributed by atoms with Crippen molar-refractivity contribution in [1.82, 2.24) is 4.31 Å². The van der Waals surface area contributed by atoms with Gasteiger partial charge < -0.3 is 4.74 Å². The highest BCUT2D eigenvalue weighted by Crippen LogP contribution is 2.26. The first-order valence-electron chi connectivity index (χ1n) is 8.51. The van der Waals surface area contributed by atoms with Crippen LogP contribution in [0.25, 0.3) is 0 Å². The maximum Gasteiger partial charge on any atom is 0.243 e. The number of nitrogens with zero attached hydrogens (tertiary/aromatic N) is 1. The molecule has 0 amide bonds. The van der Waals surface area contributed by atoms with E-state index in [0.29, 0.717) is 18.0 Å². The van der Waals surface area contributed by atoms with Gasteiger partial charge in [0, 0.05) is 20.0 Å². The topological polar surface area (TPSA) is 46.6 Å². The fourth-order valence-corrected chi connectivity index (χ4v) is 5.25. The van der Waals surface area contributed by atoms with Crippen LogP contribution in [0.1, 0.15) is 27.8 Å². The van der Waals surface area contributed by atoms with Crippen LogP contribution in [0.15, 0.2) is 41.3 Å². The van der Waals surface area contributed by atoms with Crippen LogP contribution in [-0.4, -0.2) is 32.4 Å². The van der Waals surface area contributed by atoms with Gasteiger partial charge in [0.2, 0.25) is 10.0 Å². The predicted molar refractivity (Wildman–Crippen MR) is 99.2 cm³/mol. The largest absolute Gasteiger partial charge is 0.372 e. The number of fused-ring (bicyclic) bond motifs is 1. The van der Waals surface area contributed by atoms with Gasteiger partial charge in [-0.15, -0.1) is 0 Å². The molecule has 0 N–H and O–H groups in total. The number of rotatable bonds is 4. The second-order valence-electron chi connectivity index (χ2n) is 6.92. The average Bonchev–Trinajstić information content (AvgIpc) is 2.53. The van der Waals surface area contributed by atoms with E-state index in [4.69, 9.17) is 4.74 Å². The third-order valence-corrected chi connectivity index (χ3v) is 6.90. The summed E-state index contributed by atoms with van der Waals surface area (Å²) in [7, 11) is -1.90. The number of likely N-dealkylation sites (N-methyl/N-ethyl adjacent to an activating group) is 1. The third kappa shape index (κ3) is 3.64. The van der Waals surface area contributed by atoms with E-state index in [1.807, 2.05) is 45.0 Å².